The topological polar surface area (TPSA) is 29.3 Å². The molecule has 1 heterocycles. The minimum atomic E-state index is 0.362. The van der Waals surface area contributed by atoms with Crippen molar-refractivity contribution in [3.05, 3.63) is 0 Å². The molecule has 0 atom stereocenters. The maximum absolute atomic E-state index is 6.29. The zero-order chi connectivity index (χ0) is 13.9. The van der Waals surface area contributed by atoms with Crippen LogP contribution in [0.4, 0.5) is 0 Å². The Bertz CT molecular complexity index is 289. The molecule has 2 nitrogen and oxygen atoms in total. The second-order valence-corrected chi connectivity index (χ2v) is 7.89. The summed E-state index contributed by atoms with van der Waals surface area (Å²) in [7, 11) is 0. The zero-order valence-corrected chi connectivity index (χ0v) is 13.3. The van der Waals surface area contributed by atoms with Crippen LogP contribution in [0.15, 0.2) is 0 Å². The van der Waals surface area contributed by atoms with E-state index >= 15 is 0 Å². The molecule has 20 heavy (non-hydrogen) atoms. The van der Waals surface area contributed by atoms with Crippen LogP contribution in [0.1, 0.15) is 83.5 Å². The van der Waals surface area contributed by atoms with Crippen molar-refractivity contribution in [2.75, 3.05) is 19.6 Å². The minimum absolute atomic E-state index is 0.362. The number of rotatable bonds is 2. The van der Waals surface area contributed by atoms with E-state index in [0.717, 1.165) is 12.0 Å². The summed E-state index contributed by atoms with van der Waals surface area (Å²) in [5.41, 5.74) is 7.40. The predicted molar refractivity (Wildman–Crippen MR) is 85.8 cm³/mol. The van der Waals surface area contributed by atoms with Gasteiger partial charge in [-0.2, -0.15) is 0 Å². The van der Waals surface area contributed by atoms with Crippen molar-refractivity contribution >= 4 is 0 Å². The quantitative estimate of drug-likeness (QED) is 0.824. The average molecular weight is 278 g/mol. The average Bonchev–Trinajstić information content (AvgIpc) is 2.89. The maximum atomic E-state index is 6.29. The fourth-order valence-corrected chi connectivity index (χ4v) is 5.29. The maximum Gasteiger partial charge on any atom is 0.0331 e. The van der Waals surface area contributed by atoms with Crippen molar-refractivity contribution in [2.24, 2.45) is 11.1 Å². The molecule has 2 saturated carbocycles. The highest BCUT2D eigenvalue weighted by atomic mass is 15.2. The van der Waals surface area contributed by atoms with Crippen LogP contribution in [0.5, 0.6) is 0 Å². The molecule has 3 aliphatic rings. The fourth-order valence-electron chi connectivity index (χ4n) is 5.29. The van der Waals surface area contributed by atoms with Crippen molar-refractivity contribution in [3.63, 3.8) is 0 Å². The normalized spacial score (nSPS) is 31.1. The van der Waals surface area contributed by atoms with Crippen molar-refractivity contribution in [1.29, 1.82) is 0 Å². The Morgan fingerprint density at radius 3 is 1.70 bits per heavy atom. The summed E-state index contributed by atoms with van der Waals surface area (Å²) in [5, 5.41) is 0. The smallest absolute Gasteiger partial charge is 0.0331 e. The first-order valence-electron chi connectivity index (χ1n) is 9.24. The van der Waals surface area contributed by atoms with Gasteiger partial charge in [0.15, 0.2) is 0 Å². The Balaban J connectivity index is 1.64. The molecular formula is C18H34N2. The van der Waals surface area contributed by atoms with Crippen LogP contribution >= 0.6 is 0 Å². The van der Waals surface area contributed by atoms with Crippen molar-refractivity contribution in [1.82, 2.24) is 4.90 Å². The second kappa shape index (κ2) is 6.36. The molecule has 1 saturated heterocycles. The van der Waals surface area contributed by atoms with E-state index in [1.165, 1.54) is 96.6 Å². The summed E-state index contributed by atoms with van der Waals surface area (Å²) in [6.45, 7) is 3.55. The molecule has 0 aromatic heterocycles. The van der Waals surface area contributed by atoms with Gasteiger partial charge in [-0.25, -0.2) is 0 Å². The number of nitrogens with zero attached hydrogens (tertiary/aromatic N) is 1. The van der Waals surface area contributed by atoms with Crippen LogP contribution in [0.25, 0.3) is 0 Å². The van der Waals surface area contributed by atoms with Crippen LogP contribution in [0.3, 0.4) is 0 Å². The van der Waals surface area contributed by atoms with Crippen molar-refractivity contribution in [3.8, 4) is 0 Å². The first-order chi connectivity index (χ1) is 9.79. The summed E-state index contributed by atoms with van der Waals surface area (Å²) >= 11 is 0. The van der Waals surface area contributed by atoms with Crippen molar-refractivity contribution < 1.29 is 0 Å². The highest BCUT2D eigenvalue weighted by Crippen LogP contribution is 2.47. The summed E-state index contributed by atoms with van der Waals surface area (Å²) in [4.78, 5) is 2.82. The van der Waals surface area contributed by atoms with Crippen LogP contribution < -0.4 is 5.73 Å². The predicted octanol–water partition coefficient (Wildman–Crippen LogP) is 4.08. The van der Waals surface area contributed by atoms with Gasteiger partial charge in [0.2, 0.25) is 0 Å². The van der Waals surface area contributed by atoms with Gasteiger partial charge in [0.1, 0.15) is 0 Å². The van der Waals surface area contributed by atoms with E-state index in [1.807, 2.05) is 0 Å². The number of nitrogens with two attached hydrogens (primary N) is 1. The summed E-state index contributed by atoms with van der Waals surface area (Å²) in [6, 6.07) is 0. The Hall–Kier alpha value is -0.0800. The molecule has 3 fully saturated rings. The SMILES string of the molecule is NCC1(N2CCC3(CCCC3)CC2)CCCCCCC1. The number of hydrogen-bond acceptors (Lipinski definition) is 2. The van der Waals surface area contributed by atoms with Crippen LogP contribution in [-0.4, -0.2) is 30.1 Å². The lowest BCUT2D eigenvalue weighted by Gasteiger charge is -2.50. The lowest BCUT2D eigenvalue weighted by atomic mass is 9.74. The second-order valence-electron chi connectivity index (χ2n) is 7.89. The molecule has 1 aliphatic heterocycles. The van der Waals surface area contributed by atoms with Crippen LogP contribution in [0.2, 0.25) is 0 Å². The molecule has 0 unspecified atom stereocenters. The highest BCUT2D eigenvalue weighted by molar-refractivity contribution is 4.98. The van der Waals surface area contributed by atoms with Crippen LogP contribution in [-0.2, 0) is 0 Å². The first-order valence-corrected chi connectivity index (χ1v) is 9.24. The summed E-state index contributed by atoms with van der Waals surface area (Å²) < 4.78 is 0. The third-order valence-electron chi connectivity index (χ3n) is 6.82. The van der Waals surface area contributed by atoms with E-state index in [0.29, 0.717) is 5.54 Å². The highest BCUT2D eigenvalue weighted by Gasteiger charge is 2.42. The lowest BCUT2D eigenvalue weighted by molar-refractivity contribution is 0.00704. The minimum Gasteiger partial charge on any atom is -0.329 e. The molecule has 2 heteroatoms. The zero-order valence-electron chi connectivity index (χ0n) is 13.3. The number of hydrogen-bond donors (Lipinski definition) is 1. The molecule has 0 aromatic carbocycles. The molecular weight excluding hydrogens is 244 g/mol. The van der Waals surface area contributed by atoms with Gasteiger partial charge in [0.25, 0.3) is 0 Å². The van der Waals surface area contributed by atoms with Gasteiger partial charge < -0.3 is 5.73 Å². The van der Waals surface area contributed by atoms with Gasteiger partial charge in [-0.1, -0.05) is 44.9 Å². The Morgan fingerprint density at radius 1 is 0.650 bits per heavy atom. The van der Waals surface area contributed by atoms with Gasteiger partial charge in [-0.15, -0.1) is 0 Å². The van der Waals surface area contributed by atoms with E-state index in [-0.39, 0.29) is 0 Å². The van der Waals surface area contributed by atoms with E-state index in [2.05, 4.69) is 4.90 Å². The standard InChI is InChI=1S/C18H34N2/c19-16-18(10-4-2-1-3-5-11-18)20-14-12-17(13-15-20)8-6-7-9-17/h1-16,19H2. The Morgan fingerprint density at radius 2 is 1.15 bits per heavy atom. The Kier molecular flexibility index (Phi) is 4.72. The third-order valence-corrected chi connectivity index (χ3v) is 6.82. The summed E-state index contributed by atoms with van der Waals surface area (Å²) in [5.74, 6) is 0. The molecule has 0 bridgehead atoms. The number of likely N-dealkylation sites (tertiary alicyclic amines) is 1. The number of piperidine rings is 1. The van der Waals surface area contributed by atoms with Crippen molar-refractivity contribution in [2.45, 2.75) is 89.0 Å². The fraction of sp³-hybridized carbons (Fsp3) is 1.00. The molecule has 3 rings (SSSR count). The Labute approximate surface area is 125 Å². The summed E-state index contributed by atoms with van der Waals surface area (Å²) in [6.07, 6.45) is 18.7. The van der Waals surface area contributed by atoms with E-state index in [9.17, 15) is 0 Å². The third kappa shape index (κ3) is 2.92. The largest absolute Gasteiger partial charge is 0.329 e. The lowest BCUT2D eigenvalue weighted by Crippen LogP contribution is -2.57. The first kappa shape index (κ1) is 14.8. The monoisotopic (exact) mass is 278 g/mol. The van der Waals surface area contributed by atoms with Gasteiger partial charge in [-0.3, -0.25) is 4.90 Å². The molecule has 2 N–H and O–H groups in total. The molecule has 1 spiro atoms. The van der Waals surface area contributed by atoms with E-state index < -0.39 is 0 Å². The van der Waals surface area contributed by atoms with Gasteiger partial charge in [-0.05, 0) is 57.0 Å². The van der Waals surface area contributed by atoms with Gasteiger partial charge in [0.05, 0.1) is 0 Å². The molecule has 0 radical (unpaired) electrons. The molecule has 2 aliphatic carbocycles. The van der Waals surface area contributed by atoms with Gasteiger partial charge >= 0.3 is 0 Å². The molecule has 0 amide bonds. The van der Waals surface area contributed by atoms with E-state index in [1.54, 1.807) is 0 Å². The van der Waals surface area contributed by atoms with Gasteiger partial charge in [0, 0.05) is 12.1 Å². The molecule has 0 aromatic rings. The van der Waals surface area contributed by atoms with E-state index in [4.69, 9.17) is 5.73 Å². The molecule has 116 valence electrons. The van der Waals surface area contributed by atoms with Crippen LogP contribution in [0, 0.1) is 5.41 Å².